The SMILES string of the molecule is C[C@@H](C(=O)OCC(=O)Nc1ccccc1C#N)N1C(=O)[C@@H]2CCCC[C@H]2C1=O. The summed E-state index contributed by atoms with van der Waals surface area (Å²) in [6.07, 6.45) is 3.12. The Bertz CT molecular complexity index is 836. The van der Waals surface area contributed by atoms with E-state index in [-0.39, 0.29) is 29.2 Å². The molecular weight excluding hydrogens is 362 g/mol. The highest BCUT2D eigenvalue weighted by atomic mass is 16.5. The van der Waals surface area contributed by atoms with Gasteiger partial charge >= 0.3 is 5.97 Å². The van der Waals surface area contributed by atoms with E-state index in [0.29, 0.717) is 18.5 Å². The Morgan fingerprint density at radius 3 is 2.43 bits per heavy atom. The molecule has 1 N–H and O–H groups in total. The first-order valence-electron chi connectivity index (χ1n) is 9.26. The molecule has 3 rings (SSSR count). The number of imide groups is 1. The van der Waals surface area contributed by atoms with Crippen LogP contribution in [0.3, 0.4) is 0 Å². The fourth-order valence-corrected chi connectivity index (χ4v) is 3.81. The van der Waals surface area contributed by atoms with Gasteiger partial charge in [0.1, 0.15) is 12.1 Å². The number of amides is 3. The average molecular weight is 383 g/mol. The molecule has 1 saturated heterocycles. The van der Waals surface area contributed by atoms with Gasteiger partial charge in [-0.1, -0.05) is 25.0 Å². The van der Waals surface area contributed by atoms with Crippen LogP contribution in [0.1, 0.15) is 38.2 Å². The second-order valence-electron chi connectivity index (χ2n) is 7.03. The zero-order valence-corrected chi connectivity index (χ0v) is 15.5. The molecule has 0 spiro atoms. The molecule has 1 aliphatic carbocycles. The smallest absolute Gasteiger partial charge is 0.329 e. The molecule has 1 heterocycles. The number of para-hydroxylation sites is 1. The fourth-order valence-electron chi connectivity index (χ4n) is 3.81. The standard InChI is InChI=1S/C20H21N3O5/c1-12(23-18(25)14-7-3-4-8-15(14)19(23)26)20(27)28-11-17(24)22-16-9-5-2-6-13(16)10-21/h2,5-6,9,12,14-15H,3-4,7-8,11H2,1H3,(H,22,24)/t12-,14+,15+/m0/s1. The van der Waals surface area contributed by atoms with E-state index >= 15 is 0 Å². The molecule has 0 radical (unpaired) electrons. The third-order valence-corrected chi connectivity index (χ3v) is 5.27. The molecule has 1 saturated carbocycles. The number of ether oxygens (including phenoxy) is 1. The van der Waals surface area contributed by atoms with Crippen molar-refractivity contribution < 1.29 is 23.9 Å². The average Bonchev–Trinajstić information content (AvgIpc) is 2.96. The van der Waals surface area contributed by atoms with E-state index in [0.717, 1.165) is 17.7 Å². The minimum Gasteiger partial charge on any atom is -0.454 e. The van der Waals surface area contributed by atoms with Gasteiger partial charge in [0, 0.05) is 0 Å². The quantitative estimate of drug-likeness (QED) is 0.610. The summed E-state index contributed by atoms with van der Waals surface area (Å²) in [6.45, 7) is 0.852. The largest absolute Gasteiger partial charge is 0.454 e. The predicted octanol–water partition coefficient (Wildman–Crippen LogP) is 1.60. The van der Waals surface area contributed by atoms with Crippen LogP contribution in [0, 0.1) is 23.2 Å². The number of nitriles is 1. The van der Waals surface area contributed by atoms with Crippen molar-refractivity contribution in [1.82, 2.24) is 4.90 Å². The monoisotopic (exact) mass is 383 g/mol. The Hall–Kier alpha value is -3.21. The normalized spacial score (nSPS) is 22.2. The first kappa shape index (κ1) is 19.5. The van der Waals surface area contributed by atoms with Crippen LogP contribution >= 0.6 is 0 Å². The second-order valence-corrected chi connectivity index (χ2v) is 7.03. The molecule has 8 nitrogen and oxygen atoms in total. The van der Waals surface area contributed by atoms with Crippen molar-refractivity contribution in [1.29, 1.82) is 5.26 Å². The van der Waals surface area contributed by atoms with Crippen molar-refractivity contribution in [2.45, 2.75) is 38.6 Å². The first-order valence-corrected chi connectivity index (χ1v) is 9.26. The number of likely N-dealkylation sites (tertiary alicyclic amines) is 1. The zero-order chi connectivity index (χ0) is 20.3. The lowest BCUT2D eigenvalue weighted by molar-refractivity contribution is -0.159. The van der Waals surface area contributed by atoms with Gasteiger partial charge < -0.3 is 10.1 Å². The Balaban J connectivity index is 1.57. The van der Waals surface area contributed by atoms with Crippen molar-refractivity contribution in [2.24, 2.45) is 11.8 Å². The molecular formula is C20H21N3O5. The van der Waals surface area contributed by atoms with E-state index in [4.69, 9.17) is 10.00 Å². The highest BCUT2D eigenvalue weighted by molar-refractivity contribution is 6.08. The number of carbonyl (C=O) groups is 4. The molecule has 2 aliphatic rings. The van der Waals surface area contributed by atoms with Crippen LogP contribution in [0.25, 0.3) is 0 Å². The van der Waals surface area contributed by atoms with E-state index in [1.165, 1.54) is 6.92 Å². The van der Waals surface area contributed by atoms with E-state index in [1.807, 2.05) is 6.07 Å². The van der Waals surface area contributed by atoms with Crippen molar-refractivity contribution in [3.8, 4) is 6.07 Å². The fraction of sp³-hybridized carbons (Fsp3) is 0.450. The van der Waals surface area contributed by atoms with Crippen molar-refractivity contribution in [3.63, 3.8) is 0 Å². The minimum atomic E-state index is -1.08. The maximum absolute atomic E-state index is 12.5. The zero-order valence-electron chi connectivity index (χ0n) is 15.5. The van der Waals surface area contributed by atoms with Gasteiger partial charge in [0.25, 0.3) is 5.91 Å². The van der Waals surface area contributed by atoms with Crippen LogP contribution in [-0.2, 0) is 23.9 Å². The van der Waals surface area contributed by atoms with Crippen LogP contribution < -0.4 is 5.32 Å². The van der Waals surface area contributed by atoms with Gasteiger partial charge in [-0.15, -0.1) is 0 Å². The number of nitrogens with zero attached hydrogens (tertiary/aromatic N) is 2. The van der Waals surface area contributed by atoms with Crippen LogP contribution in [-0.4, -0.2) is 41.2 Å². The molecule has 8 heteroatoms. The Kier molecular flexibility index (Phi) is 5.73. The summed E-state index contributed by atoms with van der Waals surface area (Å²) >= 11 is 0. The molecule has 1 aromatic carbocycles. The van der Waals surface area contributed by atoms with Crippen LogP contribution in [0.15, 0.2) is 24.3 Å². The van der Waals surface area contributed by atoms with Crippen molar-refractivity contribution in [2.75, 3.05) is 11.9 Å². The maximum Gasteiger partial charge on any atom is 0.329 e. The van der Waals surface area contributed by atoms with Crippen molar-refractivity contribution in [3.05, 3.63) is 29.8 Å². The van der Waals surface area contributed by atoms with E-state index in [2.05, 4.69) is 5.32 Å². The molecule has 0 bridgehead atoms. The summed E-state index contributed by atoms with van der Waals surface area (Å²) in [5.41, 5.74) is 0.597. The number of hydrogen-bond donors (Lipinski definition) is 1. The summed E-state index contributed by atoms with van der Waals surface area (Å²) in [6, 6.07) is 7.31. The molecule has 0 aromatic heterocycles. The third-order valence-electron chi connectivity index (χ3n) is 5.27. The summed E-state index contributed by atoms with van der Waals surface area (Å²) in [5, 5.41) is 11.5. The number of hydrogen-bond acceptors (Lipinski definition) is 6. The Morgan fingerprint density at radius 2 is 1.82 bits per heavy atom. The molecule has 3 atom stereocenters. The first-order chi connectivity index (χ1) is 13.4. The molecule has 28 heavy (non-hydrogen) atoms. The van der Waals surface area contributed by atoms with Gasteiger partial charge in [-0.05, 0) is 31.9 Å². The maximum atomic E-state index is 12.5. The molecule has 1 aliphatic heterocycles. The van der Waals surface area contributed by atoms with Gasteiger partial charge in [-0.3, -0.25) is 19.3 Å². The summed E-state index contributed by atoms with van der Waals surface area (Å²) in [7, 11) is 0. The summed E-state index contributed by atoms with van der Waals surface area (Å²) in [4.78, 5) is 50.4. The highest BCUT2D eigenvalue weighted by Gasteiger charge is 2.51. The number of fused-ring (bicyclic) bond motifs is 1. The summed E-state index contributed by atoms with van der Waals surface area (Å²) < 4.78 is 4.99. The summed E-state index contributed by atoms with van der Waals surface area (Å²) in [5.74, 6) is -2.78. The van der Waals surface area contributed by atoms with Gasteiger partial charge in [-0.25, -0.2) is 4.79 Å². The third kappa shape index (κ3) is 3.74. The lowest BCUT2D eigenvalue weighted by atomic mass is 9.81. The topological polar surface area (TPSA) is 117 Å². The molecule has 3 amide bonds. The Labute approximate surface area is 162 Å². The van der Waals surface area contributed by atoms with E-state index in [1.54, 1.807) is 24.3 Å². The highest BCUT2D eigenvalue weighted by Crippen LogP contribution is 2.38. The van der Waals surface area contributed by atoms with Crippen LogP contribution in [0.2, 0.25) is 0 Å². The number of nitrogens with one attached hydrogen (secondary N) is 1. The number of esters is 1. The predicted molar refractivity (Wildman–Crippen MR) is 97.5 cm³/mol. The van der Waals surface area contributed by atoms with Gasteiger partial charge in [0.05, 0.1) is 23.1 Å². The van der Waals surface area contributed by atoms with Crippen molar-refractivity contribution >= 4 is 29.4 Å². The molecule has 2 fully saturated rings. The lowest BCUT2D eigenvalue weighted by Crippen LogP contribution is -2.45. The lowest BCUT2D eigenvalue weighted by Gasteiger charge is -2.21. The van der Waals surface area contributed by atoms with Crippen LogP contribution in [0.4, 0.5) is 5.69 Å². The van der Waals surface area contributed by atoms with Gasteiger partial charge in [0.2, 0.25) is 11.8 Å². The Morgan fingerprint density at radius 1 is 1.21 bits per heavy atom. The molecule has 0 unspecified atom stereocenters. The number of rotatable bonds is 5. The number of anilines is 1. The van der Waals surface area contributed by atoms with E-state index < -0.39 is 24.5 Å². The molecule has 146 valence electrons. The number of carbonyl (C=O) groups excluding carboxylic acids is 4. The minimum absolute atomic E-state index is 0.284. The van der Waals surface area contributed by atoms with Crippen LogP contribution in [0.5, 0.6) is 0 Å². The van der Waals surface area contributed by atoms with E-state index in [9.17, 15) is 19.2 Å². The number of benzene rings is 1. The molecule has 1 aromatic rings. The van der Waals surface area contributed by atoms with Gasteiger partial charge in [-0.2, -0.15) is 5.26 Å². The second kappa shape index (κ2) is 8.21. The van der Waals surface area contributed by atoms with Gasteiger partial charge in [0.15, 0.2) is 6.61 Å².